The smallest absolute Gasteiger partial charge is 0.268 e. The van der Waals surface area contributed by atoms with E-state index in [0.717, 1.165) is 15.1 Å². The first-order valence-electron chi connectivity index (χ1n) is 7.86. The van der Waals surface area contributed by atoms with E-state index in [-0.39, 0.29) is 10.5 Å². The summed E-state index contributed by atoms with van der Waals surface area (Å²) in [7, 11) is -2.05. The van der Waals surface area contributed by atoms with Gasteiger partial charge in [-0.2, -0.15) is 0 Å². The zero-order chi connectivity index (χ0) is 18.0. The van der Waals surface area contributed by atoms with Gasteiger partial charge in [-0.1, -0.05) is 29.8 Å². The van der Waals surface area contributed by atoms with Crippen LogP contribution in [0.25, 0.3) is 11.3 Å². The lowest BCUT2D eigenvalue weighted by Gasteiger charge is -2.11. The number of hydrogen-bond acceptors (Lipinski definition) is 3. The van der Waals surface area contributed by atoms with Gasteiger partial charge in [0.05, 0.1) is 10.6 Å². The van der Waals surface area contributed by atoms with Crippen LogP contribution >= 0.6 is 0 Å². The van der Waals surface area contributed by atoms with E-state index < -0.39 is 15.8 Å². The molecule has 6 heteroatoms. The van der Waals surface area contributed by atoms with Gasteiger partial charge in [0.1, 0.15) is 5.82 Å². The highest BCUT2D eigenvalue weighted by atomic mass is 32.2. The first-order chi connectivity index (χ1) is 11.9. The molecular formula is C19H19FN2O2S. The first kappa shape index (κ1) is 17.4. The molecule has 0 radical (unpaired) electrons. The van der Waals surface area contributed by atoms with Crippen LogP contribution in [-0.2, 0) is 16.6 Å². The van der Waals surface area contributed by atoms with Crippen molar-refractivity contribution in [1.29, 1.82) is 0 Å². The topological polar surface area (TPSA) is 51.1 Å². The SMILES string of the molecule is CNCc1cc(-c2ccccc2F)n(S(=O)(=O)c2ccc(C)cc2)c1. The second kappa shape index (κ2) is 6.82. The molecule has 0 amide bonds. The number of aromatic nitrogens is 1. The molecule has 0 fully saturated rings. The van der Waals surface area contributed by atoms with Crippen LogP contribution in [0.1, 0.15) is 11.1 Å². The molecule has 2 aromatic carbocycles. The predicted molar refractivity (Wildman–Crippen MR) is 96.4 cm³/mol. The number of aryl methyl sites for hydroxylation is 1. The van der Waals surface area contributed by atoms with Crippen LogP contribution in [0.4, 0.5) is 4.39 Å². The summed E-state index contributed by atoms with van der Waals surface area (Å²) in [6.07, 6.45) is 1.54. The number of halogens is 1. The second-order valence-corrected chi connectivity index (χ2v) is 7.67. The molecule has 0 bridgehead atoms. The molecule has 0 aliphatic heterocycles. The Morgan fingerprint density at radius 1 is 1.08 bits per heavy atom. The lowest BCUT2D eigenvalue weighted by atomic mass is 10.1. The third-order valence-electron chi connectivity index (χ3n) is 3.95. The zero-order valence-electron chi connectivity index (χ0n) is 14.0. The van der Waals surface area contributed by atoms with Gasteiger partial charge in [0.15, 0.2) is 0 Å². The van der Waals surface area contributed by atoms with Crippen LogP contribution in [0.2, 0.25) is 0 Å². The second-order valence-electron chi connectivity index (χ2n) is 5.86. The van der Waals surface area contributed by atoms with Crippen molar-refractivity contribution in [3.8, 4) is 11.3 Å². The van der Waals surface area contributed by atoms with Gasteiger partial charge in [-0.05, 0) is 49.9 Å². The van der Waals surface area contributed by atoms with Crippen molar-refractivity contribution in [2.24, 2.45) is 0 Å². The van der Waals surface area contributed by atoms with Gasteiger partial charge in [0, 0.05) is 18.3 Å². The molecule has 4 nitrogen and oxygen atoms in total. The maximum atomic E-state index is 14.3. The summed E-state index contributed by atoms with van der Waals surface area (Å²) in [5.41, 5.74) is 2.29. The van der Waals surface area contributed by atoms with Crippen molar-refractivity contribution in [2.75, 3.05) is 7.05 Å². The number of benzene rings is 2. The molecule has 0 saturated heterocycles. The minimum absolute atomic E-state index is 0.169. The van der Waals surface area contributed by atoms with Gasteiger partial charge < -0.3 is 5.32 Å². The van der Waals surface area contributed by atoms with Crippen LogP contribution in [0.5, 0.6) is 0 Å². The Morgan fingerprint density at radius 2 is 1.76 bits per heavy atom. The summed E-state index contributed by atoms with van der Waals surface area (Å²) in [4.78, 5) is 0.169. The quantitative estimate of drug-likeness (QED) is 0.759. The van der Waals surface area contributed by atoms with Gasteiger partial charge in [0.25, 0.3) is 10.0 Å². The molecule has 0 atom stereocenters. The molecule has 3 aromatic rings. The summed E-state index contributed by atoms with van der Waals surface area (Å²) in [6, 6.07) is 14.5. The van der Waals surface area contributed by atoms with Crippen LogP contribution in [0, 0.1) is 12.7 Å². The fourth-order valence-corrected chi connectivity index (χ4v) is 4.08. The van der Waals surface area contributed by atoms with Crippen LogP contribution in [0.3, 0.4) is 0 Å². The van der Waals surface area contributed by atoms with Gasteiger partial charge >= 0.3 is 0 Å². The van der Waals surface area contributed by atoms with E-state index in [9.17, 15) is 12.8 Å². The fourth-order valence-electron chi connectivity index (χ4n) is 2.69. The molecular weight excluding hydrogens is 339 g/mol. The lowest BCUT2D eigenvalue weighted by Crippen LogP contribution is -2.13. The minimum Gasteiger partial charge on any atom is -0.316 e. The molecule has 0 aliphatic carbocycles. The van der Waals surface area contributed by atoms with Crippen molar-refractivity contribution >= 4 is 10.0 Å². The van der Waals surface area contributed by atoms with E-state index in [1.807, 2.05) is 6.92 Å². The van der Waals surface area contributed by atoms with Gasteiger partial charge in [-0.3, -0.25) is 0 Å². The third-order valence-corrected chi connectivity index (χ3v) is 5.64. The number of rotatable bonds is 5. The molecule has 1 heterocycles. The molecule has 0 aliphatic rings. The van der Waals surface area contributed by atoms with E-state index in [0.29, 0.717) is 12.2 Å². The average molecular weight is 358 g/mol. The van der Waals surface area contributed by atoms with Gasteiger partial charge in [-0.25, -0.2) is 16.8 Å². The standard InChI is InChI=1S/C19H19FN2O2S/c1-14-7-9-16(10-8-14)25(23,24)22-13-15(12-21-2)11-19(22)17-5-3-4-6-18(17)20/h3-11,13,21H,12H2,1-2H3. The van der Waals surface area contributed by atoms with E-state index >= 15 is 0 Å². The molecule has 1 N–H and O–H groups in total. The maximum Gasteiger partial charge on any atom is 0.268 e. The Bertz CT molecular complexity index is 993. The molecule has 25 heavy (non-hydrogen) atoms. The molecule has 130 valence electrons. The lowest BCUT2D eigenvalue weighted by molar-refractivity contribution is 0.587. The van der Waals surface area contributed by atoms with Crippen LogP contribution < -0.4 is 5.32 Å². The van der Waals surface area contributed by atoms with E-state index in [4.69, 9.17) is 0 Å². The van der Waals surface area contributed by atoms with Crippen molar-refractivity contribution in [1.82, 2.24) is 9.29 Å². The Hall–Kier alpha value is -2.44. The average Bonchev–Trinajstić information content (AvgIpc) is 3.00. The van der Waals surface area contributed by atoms with Crippen molar-refractivity contribution in [3.05, 3.63) is 77.7 Å². The largest absolute Gasteiger partial charge is 0.316 e. The number of nitrogens with zero attached hydrogens (tertiary/aromatic N) is 1. The third kappa shape index (κ3) is 3.36. The van der Waals surface area contributed by atoms with Crippen LogP contribution in [-0.4, -0.2) is 19.4 Å². The molecule has 0 saturated carbocycles. The fraction of sp³-hybridized carbons (Fsp3) is 0.158. The Balaban J connectivity index is 2.21. The zero-order valence-corrected chi connectivity index (χ0v) is 14.8. The van der Waals surface area contributed by atoms with Crippen LogP contribution in [0.15, 0.2) is 65.7 Å². The highest BCUT2D eigenvalue weighted by Crippen LogP contribution is 2.29. The molecule has 3 rings (SSSR count). The summed E-state index contributed by atoms with van der Waals surface area (Å²) in [5.74, 6) is -0.461. The highest BCUT2D eigenvalue weighted by Gasteiger charge is 2.23. The van der Waals surface area contributed by atoms with E-state index in [2.05, 4.69) is 5.32 Å². The van der Waals surface area contributed by atoms with E-state index in [1.54, 1.807) is 55.6 Å². The van der Waals surface area contributed by atoms with Crippen molar-refractivity contribution in [2.45, 2.75) is 18.4 Å². The Morgan fingerprint density at radius 3 is 2.40 bits per heavy atom. The minimum atomic E-state index is -3.83. The van der Waals surface area contributed by atoms with Gasteiger partial charge in [-0.15, -0.1) is 0 Å². The molecule has 0 unspecified atom stereocenters. The van der Waals surface area contributed by atoms with Gasteiger partial charge in [0.2, 0.25) is 0 Å². The van der Waals surface area contributed by atoms with Crippen molar-refractivity contribution in [3.63, 3.8) is 0 Å². The number of hydrogen-bond donors (Lipinski definition) is 1. The molecule has 1 aromatic heterocycles. The Labute approximate surface area is 147 Å². The number of nitrogens with one attached hydrogen (secondary N) is 1. The van der Waals surface area contributed by atoms with Crippen molar-refractivity contribution < 1.29 is 12.8 Å². The summed E-state index contributed by atoms with van der Waals surface area (Å²) in [5, 5.41) is 2.99. The summed E-state index contributed by atoms with van der Waals surface area (Å²) >= 11 is 0. The predicted octanol–water partition coefficient (Wildman–Crippen LogP) is 3.56. The monoisotopic (exact) mass is 358 g/mol. The molecule has 0 spiro atoms. The highest BCUT2D eigenvalue weighted by molar-refractivity contribution is 7.90. The normalized spacial score (nSPS) is 11.6. The van der Waals surface area contributed by atoms with E-state index in [1.165, 1.54) is 12.3 Å². The summed E-state index contributed by atoms with van der Waals surface area (Å²) < 4.78 is 41.6. The summed E-state index contributed by atoms with van der Waals surface area (Å²) in [6.45, 7) is 2.37. The first-order valence-corrected chi connectivity index (χ1v) is 9.30. The Kier molecular flexibility index (Phi) is 4.74. The maximum absolute atomic E-state index is 14.3.